The molecule has 0 radical (unpaired) electrons. The van der Waals surface area contributed by atoms with Crippen LogP contribution in [0.3, 0.4) is 0 Å². The van der Waals surface area contributed by atoms with Crippen LogP contribution < -0.4 is 23.9 Å². The standard InChI is InChI=1S/C28H27Cl2F2NO6S/c1-35-22-7-5-17(9-25(22)36-2)15-40-28(34)39-24(11-19-20(29)12-33-13-21(19)30)18-6-8-23(38-27(31)32)26(10-18)37-14-16-3-4-16/h5-10,12-13,16,24,27H,3-4,11,14-15H2,1-2H3/p+1/t24-/m0/s1. The van der Waals surface area contributed by atoms with Gasteiger partial charge in [-0.05, 0) is 65.9 Å². The van der Waals surface area contributed by atoms with Crippen molar-refractivity contribution in [2.75, 3.05) is 20.8 Å². The van der Waals surface area contributed by atoms with Crippen LogP contribution in [0.5, 0.6) is 23.0 Å². The lowest BCUT2D eigenvalue weighted by Gasteiger charge is -2.21. The molecule has 1 fully saturated rings. The van der Waals surface area contributed by atoms with E-state index in [2.05, 4.69) is 9.72 Å². The van der Waals surface area contributed by atoms with Gasteiger partial charge in [0.1, 0.15) is 16.1 Å². The number of thioether (sulfide) groups is 1. The molecule has 40 heavy (non-hydrogen) atoms. The van der Waals surface area contributed by atoms with Gasteiger partial charge < -0.3 is 23.7 Å². The maximum Gasteiger partial charge on any atom is 0.387 e. The lowest BCUT2D eigenvalue weighted by Crippen LogP contribution is -2.14. The largest absolute Gasteiger partial charge is 0.493 e. The second-order valence-corrected chi connectivity index (χ2v) is 10.7. The van der Waals surface area contributed by atoms with E-state index >= 15 is 0 Å². The monoisotopic (exact) mass is 614 g/mol. The van der Waals surface area contributed by atoms with Gasteiger partial charge in [-0.2, -0.15) is 8.78 Å². The number of hydrogen-bond acceptors (Lipinski definition) is 7. The summed E-state index contributed by atoms with van der Waals surface area (Å²) in [5.41, 5.74) is 1.88. The molecule has 0 aliphatic heterocycles. The first-order chi connectivity index (χ1) is 19.3. The first kappa shape index (κ1) is 30.0. The molecule has 1 saturated carbocycles. The predicted octanol–water partition coefficient (Wildman–Crippen LogP) is 7.57. The molecular weight excluding hydrogens is 587 g/mol. The number of alkyl halides is 2. The number of ether oxygens (including phenoxy) is 5. The number of hydrogen-bond donors (Lipinski definition) is 0. The summed E-state index contributed by atoms with van der Waals surface area (Å²) >= 11 is 13.7. The predicted molar refractivity (Wildman–Crippen MR) is 148 cm³/mol. The molecule has 12 heteroatoms. The van der Waals surface area contributed by atoms with E-state index in [1.807, 2.05) is 6.07 Å². The Kier molecular flexibility index (Phi) is 10.6. The number of carbonyl (C=O) groups is 1. The van der Waals surface area contributed by atoms with Crippen molar-refractivity contribution in [3.8, 4) is 23.0 Å². The smallest absolute Gasteiger partial charge is 0.387 e. The average molecular weight is 616 g/mol. The van der Waals surface area contributed by atoms with Crippen molar-refractivity contribution in [1.82, 2.24) is 0 Å². The Morgan fingerprint density at radius 3 is 2.35 bits per heavy atom. The van der Waals surface area contributed by atoms with Gasteiger partial charge in [-0.25, -0.2) is 9.78 Å². The van der Waals surface area contributed by atoms with Crippen LogP contribution in [0.2, 0.25) is 10.0 Å². The molecule has 1 aliphatic rings. The van der Waals surface area contributed by atoms with Gasteiger partial charge in [0.15, 0.2) is 35.4 Å². The Bertz CT molecular complexity index is 1310. The zero-order valence-corrected chi connectivity index (χ0v) is 24.1. The molecule has 0 saturated heterocycles. The molecule has 1 heterocycles. The lowest BCUT2D eigenvalue weighted by molar-refractivity contribution is -0.377. The third kappa shape index (κ3) is 8.28. The van der Waals surface area contributed by atoms with Gasteiger partial charge in [-0.15, -0.1) is 0 Å². The van der Waals surface area contributed by atoms with Gasteiger partial charge in [0.25, 0.3) is 0 Å². The number of H-pyrrole nitrogens is 1. The molecule has 2 aromatic carbocycles. The summed E-state index contributed by atoms with van der Waals surface area (Å²) in [4.78, 5) is 15.9. The molecule has 1 aromatic heterocycles. The summed E-state index contributed by atoms with van der Waals surface area (Å²) in [5.74, 6) is 1.85. The summed E-state index contributed by atoms with van der Waals surface area (Å²) in [5, 5.41) is 0.159. The number of nitrogens with one attached hydrogen (secondary N) is 1. The first-order valence-electron chi connectivity index (χ1n) is 12.4. The number of methoxy groups -OCH3 is 2. The summed E-state index contributed by atoms with van der Waals surface area (Å²) in [6, 6.07) is 9.84. The molecular formula is C28H28Cl2F2NO6S+. The van der Waals surface area contributed by atoms with Gasteiger partial charge in [0.2, 0.25) is 0 Å². The molecule has 1 aliphatic carbocycles. The maximum absolute atomic E-state index is 13.0. The minimum atomic E-state index is -3.02. The Morgan fingerprint density at radius 2 is 1.70 bits per heavy atom. The van der Waals surface area contributed by atoms with E-state index in [9.17, 15) is 13.6 Å². The zero-order valence-electron chi connectivity index (χ0n) is 21.8. The highest BCUT2D eigenvalue weighted by Crippen LogP contribution is 2.38. The highest BCUT2D eigenvalue weighted by Gasteiger charge is 2.26. The Labute approximate surface area is 245 Å². The van der Waals surface area contributed by atoms with Crippen LogP contribution in [0.25, 0.3) is 0 Å². The molecule has 1 N–H and O–H groups in total. The summed E-state index contributed by atoms with van der Waals surface area (Å²) < 4.78 is 53.0. The van der Waals surface area contributed by atoms with Gasteiger partial charge >= 0.3 is 11.9 Å². The van der Waals surface area contributed by atoms with Crippen molar-refractivity contribution < 1.29 is 42.2 Å². The highest BCUT2D eigenvalue weighted by molar-refractivity contribution is 8.12. The number of halogens is 4. The highest BCUT2D eigenvalue weighted by atomic mass is 35.5. The fraction of sp³-hybridized carbons (Fsp3) is 0.357. The Hall–Kier alpha value is -2.95. The van der Waals surface area contributed by atoms with Crippen LogP contribution in [-0.2, 0) is 16.9 Å². The van der Waals surface area contributed by atoms with Crippen LogP contribution in [-0.4, -0.2) is 32.7 Å². The minimum Gasteiger partial charge on any atom is -0.493 e. The van der Waals surface area contributed by atoms with Crippen molar-refractivity contribution in [3.63, 3.8) is 0 Å². The molecule has 7 nitrogen and oxygen atoms in total. The molecule has 3 aromatic rings. The van der Waals surface area contributed by atoms with Crippen LogP contribution in [0, 0.1) is 5.92 Å². The van der Waals surface area contributed by atoms with Crippen molar-refractivity contribution in [2.45, 2.75) is 37.7 Å². The number of benzene rings is 2. The number of aromatic nitrogens is 1. The van der Waals surface area contributed by atoms with E-state index in [0.29, 0.717) is 50.9 Å². The normalized spacial score (nSPS) is 13.6. The first-order valence-corrected chi connectivity index (χ1v) is 14.1. The third-order valence-electron chi connectivity index (χ3n) is 6.16. The third-order valence-corrected chi connectivity index (χ3v) is 7.64. The summed E-state index contributed by atoms with van der Waals surface area (Å²) in [6.45, 7) is -2.64. The molecule has 0 bridgehead atoms. The van der Waals surface area contributed by atoms with Gasteiger partial charge in [-0.3, -0.25) is 0 Å². The van der Waals surface area contributed by atoms with Crippen LogP contribution >= 0.6 is 35.0 Å². The molecule has 0 spiro atoms. The average Bonchev–Trinajstić information content (AvgIpc) is 3.77. The molecule has 214 valence electrons. The SMILES string of the molecule is COc1ccc(CSC(=O)O[C@@H](Cc2c(Cl)c[nH+]cc2Cl)c2ccc(OC(F)F)c(OCC3CC3)c2)cc1OC. The quantitative estimate of drug-likeness (QED) is 0.184. The Balaban J connectivity index is 1.56. The van der Waals surface area contributed by atoms with E-state index in [4.69, 9.17) is 42.1 Å². The van der Waals surface area contributed by atoms with Crippen LogP contribution in [0.15, 0.2) is 48.8 Å². The number of rotatable bonds is 13. The summed E-state index contributed by atoms with van der Waals surface area (Å²) in [6.07, 6.45) is 4.45. The van der Waals surface area contributed by atoms with E-state index < -0.39 is 18.0 Å². The van der Waals surface area contributed by atoms with Crippen molar-refractivity contribution in [1.29, 1.82) is 0 Å². The number of aromatic amines is 1. The van der Waals surface area contributed by atoms with Crippen molar-refractivity contribution in [2.24, 2.45) is 5.92 Å². The van der Waals surface area contributed by atoms with Crippen LogP contribution in [0.4, 0.5) is 13.6 Å². The molecule has 0 unspecified atom stereocenters. The second-order valence-electron chi connectivity index (χ2n) is 9.01. The fourth-order valence-electron chi connectivity index (χ4n) is 3.87. The lowest BCUT2D eigenvalue weighted by atomic mass is 10.0. The minimum absolute atomic E-state index is 0.0994. The molecule has 4 rings (SSSR count). The van der Waals surface area contributed by atoms with Gasteiger partial charge in [0, 0.05) is 17.7 Å². The van der Waals surface area contributed by atoms with E-state index in [-0.39, 0.29) is 17.9 Å². The fourth-order valence-corrected chi connectivity index (χ4v) is 5.05. The maximum atomic E-state index is 13.0. The van der Waals surface area contributed by atoms with Crippen molar-refractivity contribution >= 4 is 40.3 Å². The van der Waals surface area contributed by atoms with Gasteiger partial charge in [0.05, 0.1) is 20.8 Å². The molecule has 0 amide bonds. The number of carbonyl (C=O) groups excluding carboxylic acids is 1. The molecule has 1 atom stereocenters. The second kappa shape index (κ2) is 14.1. The van der Waals surface area contributed by atoms with Crippen LogP contribution in [0.1, 0.15) is 35.6 Å². The van der Waals surface area contributed by atoms with E-state index in [0.717, 1.165) is 30.2 Å². The topological polar surface area (TPSA) is 77.4 Å². The van der Waals surface area contributed by atoms with E-state index in [1.165, 1.54) is 13.2 Å². The van der Waals surface area contributed by atoms with Crippen molar-refractivity contribution in [3.05, 3.63) is 75.5 Å². The van der Waals surface area contributed by atoms with Gasteiger partial charge in [-0.1, -0.05) is 35.3 Å². The zero-order chi connectivity index (χ0) is 28.6. The number of pyridine rings is 1. The summed E-state index contributed by atoms with van der Waals surface area (Å²) in [7, 11) is 3.08. The Morgan fingerprint density at radius 1 is 1.00 bits per heavy atom. The van der Waals surface area contributed by atoms with E-state index in [1.54, 1.807) is 43.8 Å².